The Hall–Kier alpha value is -1.58. The molecule has 0 saturated heterocycles. The number of rotatable bonds is 17. The van der Waals surface area contributed by atoms with Crippen molar-refractivity contribution in [3.63, 3.8) is 0 Å². The van der Waals surface area contributed by atoms with Gasteiger partial charge in [-0.25, -0.2) is 4.79 Å². The van der Waals surface area contributed by atoms with Gasteiger partial charge in [0.05, 0.1) is 5.92 Å². The summed E-state index contributed by atoms with van der Waals surface area (Å²) in [6, 6.07) is 0. The standard InChI is InChI=1S/C21H36O4/c1-3-4-5-6-7-8-9-10-11-12-13-14-15-16-17-19(21(24)25)18(2)20(22)23/h13-14,19H,2-12,15-17H2,1H3,(H,22,23)(H,24,25)/b14-13-. The highest BCUT2D eigenvalue weighted by Crippen LogP contribution is 2.18. The van der Waals surface area contributed by atoms with Crippen molar-refractivity contribution in [2.75, 3.05) is 0 Å². The minimum atomic E-state index is -1.23. The second-order valence-corrected chi connectivity index (χ2v) is 6.74. The summed E-state index contributed by atoms with van der Waals surface area (Å²) in [4.78, 5) is 21.9. The van der Waals surface area contributed by atoms with E-state index in [-0.39, 0.29) is 5.57 Å². The normalized spacial score (nSPS) is 12.4. The number of hydrogen-bond donors (Lipinski definition) is 2. The molecule has 0 bridgehead atoms. The molecule has 0 aliphatic rings. The number of allylic oxidation sites excluding steroid dienone is 2. The summed E-state index contributed by atoms with van der Waals surface area (Å²) >= 11 is 0. The van der Waals surface area contributed by atoms with E-state index in [1.165, 1.54) is 57.8 Å². The fraction of sp³-hybridized carbons (Fsp3) is 0.714. The second kappa shape index (κ2) is 15.9. The van der Waals surface area contributed by atoms with Gasteiger partial charge >= 0.3 is 11.9 Å². The molecule has 0 aromatic rings. The van der Waals surface area contributed by atoms with E-state index in [2.05, 4.69) is 25.7 Å². The predicted octanol–water partition coefficient (Wildman–Crippen LogP) is 5.98. The van der Waals surface area contributed by atoms with Crippen molar-refractivity contribution in [1.82, 2.24) is 0 Å². The van der Waals surface area contributed by atoms with E-state index < -0.39 is 17.9 Å². The smallest absolute Gasteiger partial charge is 0.331 e. The summed E-state index contributed by atoms with van der Waals surface area (Å²) in [5.74, 6) is -3.32. The van der Waals surface area contributed by atoms with Crippen LogP contribution in [0.3, 0.4) is 0 Å². The fourth-order valence-corrected chi connectivity index (χ4v) is 2.84. The van der Waals surface area contributed by atoms with Crippen LogP contribution in [0, 0.1) is 5.92 Å². The van der Waals surface area contributed by atoms with Gasteiger partial charge in [-0.2, -0.15) is 0 Å². The molecular weight excluding hydrogens is 316 g/mol. The van der Waals surface area contributed by atoms with Gasteiger partial charge in [-0.05, 0) is 32.1 Å². The molecule has 2 N–H and O–H groups in total. The molecule has 0 saturated carbocycles. The summed E-state index contributed by atoms with van der Waals surface area (Å²) in [5, 5.41) is 17.9. The summed E-state index contributed by atoms with van der Waals surface area (Å²) in [7, 11) is 0. The third-order valence-corrected chi connectivity index (χ3v) is 4.50. The van der Waals surface area contributed by atoms with Crippen molar-refractivity contribution in [3.8, 4) is 0 Å². The third-order valence-electron chi connectivity index (χ3n) is 4.50. The molecule has 1 atom stereocenters. The monoisotopic (exact) mass is 352 g/mol. The second-order valence-electron chi connectivity index (χ2n) is 6.74. The first-order valence-electron chi connectivity index (χ1n) is 9.80. The van der Waals surface area contributed by atoms with Gasteiger partial charge in [0, 0.05) is 5.57 Å². The molecule has 25 heavy (non-hydrogen) atoms. The minimum Gasteiger partial charge on any atom is -0.481 e. The third kappa shape index (κ3) is 13.4. The van der Waals surface area contributed by atoms with E-state index in [9.17, 15) is 9.59 Å². The largest absolute Gasteiger partial charge is 0.481 e. The predicted molar refractivity (Wildman–Crippen MR) is 103 cm³/mol. The lowest BCUT2D eigenvalue weighted by Crippen LogP contribution is -2.20. The van der Waals surface area contributed by atoms with Crippen LogP contribution in [0.25, 0.3) is 0 Å². The molecule has 0 heterocycles. The van der Waals surface area contributed by atoms with Gasteiger partial charge in [0.25, 0.3) is 0 Å². The zero-order valence-electron chi connectivity index (χ0n) is 15.8. The van der Waals surface area contributed by atoms with Crippen LogP contribution in [0.1, 0.15) is 90.4 Å². The molecule has 0 aliphatic heterocycles. The average Bonchev–Trinajstić information content (AvgIpc) is 2.57. The van der Waals surface area contributed by atoms with Crippen LogP contribution in [-0.2, 0) is 9.59 Å². The zero-order chi connectivity index (χ0) is 18.9. The molecule has 0 aliphatic carbocycles. The quantitative estimate of drug-likeness (QED) is 0.192. The Morgan fingerprint density at radius 3 is 1.80 bits per heavy atom. The number of carbonyl (C=O) groups is 2. The van der Waals surface area contributed by atoms with Crippen molar-refractivity contribution in [2.45, 2.75) is 90.4 Å². The minimum absolute atomic E-state index is 0.230. The van der Waals surface area contributed by atoms with Gasteiger partial charge in [0.15, 0.2) is 0 Å². The SMILES string of the molecule is C=C(C(=O)O)C(CCC/C=C\CCCCCCCCCCC)C(=O)O. The molecule has 0 radical (unpaired) electrons. The molecule has 0 rings (SSSR count). The van der Waals surface area contributed by atoms with Gasteiger partial charge in [0.1, 0.15) is 0 Å². The highest BCUT2D eigenvalue weighted by atomic mass is 16.4. The molecule has 0 amide bonds. The summed E-state index contributed by atoms with van der Waals surface area (Å²) in [6.45, 7) is 5.60. The Kier molecular flexibility index (Phi) is 14.9. The van der Waals surface area contributed by atoms with Crippen molar-refractivity contribution in [2.24, 2.45) is 5.92 Å². The Balaban J connectivity index is 3.58. The van der Waals surface area contributed by atoms with Crippen LogP contribution in [0.2, 0.25) is 0 Å². The van der Waals surface area contributed by atoms with E-state index in [4.69, 9.17) is 10.2 Å². The summed E-state index contributed by atoms with van der Waals surface area (Å²) < 4.78 is 0. The highest BCUT2D eigenvalue weighted by Gasteiger charge is 2.24. The molecule has 4 heteroatoms. The van der Waals surface area contributed by atoms with Gasteiger partial charge in [-0.15, -0.1) is 0 Å². The van der Waals surface area contributed by atoms with Crippen molar-refractivity contribution in [1.29, 1.82) is 0 Å². The summed E-state index contributed by atoms with van der Waals surface area (Å²) in [5.41, 5.74) is -0.230. The molecule has 0 aromatic heterocycles. The van der Waals surface area contributed by atoms with E-state index in [0.29, 0.717) is 12.8 Å². The van der Waals surface area contributed by atoms with Gasteiger partial charge < -0.3 is 10.2 Å². The van der Waals surface area contributed by atoms with E-state index in [0.717, 1.165) is 12.8 Å². The van der Waals surface area contributed by atoms with Crippen LogP contribution in [0.4, 0.5) is 0 Å². The first kappa shape index (κ1) is 23.4. The number of aliphatic carboxylic acids is 2. The maximum Gasteiger partial charge on any atom is 0.331 e. The molecular formula is C21H36O4. The molecule has 0 aromatic carbocycles. The maximum absolute atomic E-state index is 11.1. The average molecular weight is 353 g/mol. The number of hydrogen-bond acceptors (Lipinski definition) is 2. The zero-order valence-corrected chi connectivity index (χ0v) is 15.8. The lowest BCUT2D eigenvalue weighted by atomic mass is 9.94. The maximum atomic E-state index is 11.1. The van der Waals surface area contributed by atoms with E-state index in [1.807, 2.05) is 0 Å². The number of carboxylic acids is 2. The van der Waals surface area contributed by atoms with Gasteiger partial charge in [-0.1, -0.05) is 77.0 Å². The Labute approximate surface area is 153 Å². The molecule has 4 nitrogen and oxygen atoms in total. The van der Waals surface area contributed by atoms with Crippen molar-refractivity contribution < 1.29 is 19.8 Å². The molecule has 144 valence electrons. The first-order valence-corrected chi connectivity index (χ1v) is 9.80. The highest BCUT2D eigenvalue weighted by molar-refractivity contribution is 5.93. The lowest BCUT2D eigenvalue weighted by Gasteiger charge is -2.10. The Morgan fingerprint density at radius 1 is 0.840 bits per heavy atom. The Bertz CT molecular complexity index is 412. The van der Waals surface area contributed by atoms with Crippen molar-refractivity contribution in [3.05, 3.63) is 24.3 Å². The molecule has 1 unspecified atom stereocenters. The van der Waals surface area contributed by atoms with Crippen molar-refractivity contribution >= 4 is 11.9 Å². The lowest BCUT2D eigenvalue weighted by molar-refractivity contribution is -0.144. The molecule has 0 fully saturated rings. The first-order chi connectivity index (χ1) is 12.0. The summed E-state index contributed by atoms with van der Waals surface area (Å²) in [6.07, 6.45) is 19.0. The van der Waals surface area contributed by atoms with E-state index >= 15 is 0 Å². The van der Waals surface area contributed by atoms with Crippen LogP contribution in [0.5, 0.6) is 0 Å². The van der Waals surface area contributed by atoms with E-state index in [1.54, 1.807) is 0 Å². The van der Waals surface area contributed by atoms with Crippen LogP contribution in [-0.4, -0.2) is 22.2 Å². The van der Waals surface area contributed by atoms with Crippen LogP contribution < -0.4 is 0 Å². The van der Waals surface area contributed by atoms with Crippen LogP contribution >= 0.6 is 0 Å². The molecule has 0 spiro atoms. The number of unbranched alkanes of at least 4 members (excludes halogenated alkanes) is 10. The van der Waals surface area contributed by atoms with Gasteiger partial charge in [-0.3, -0.25) is 4.79 Å². The van der Waals surface area contributed by atoms with Crippen LogP contribution in [0.15, 0.2) is 24.3 Å². The Morgan fingerprint density at radius 2 is 1.32 bits per heavy atom. The van der Waals surface area contributed by atoms with Gasteiger partial charge in [0.2, 0.25) is 0 Å². The number of carboxylic acid groups (broad SMARTS) is 2. The topological polar surface area (TPSA) is 74.6 Å². The fourth-order valence-electron chi connectivity index (χ4n) is 2.84.